The summed E-state index contributed by atoms with van der Waals surface area (Å²) in [5.41, 5.74) is 0.842. The standard InChI is InChI=1S/C14H16ClN3O2/c15-11-3-1-2-10(8-11)14-17-13(20-18-14)9-19-12-4-6-16-7-5-12/h1-3,8,12,16H,4-7,9H2. The molecule has 6 heteroatoms. The van der Waals surface area contributed by atoms with Crippen LogP contribution in [0, 0.1) is 0 Å². The molecule has 1 aliphatic rings. The topological polar surface area (TPSA) is 60.2 Å². The fourth-order valence-electron chi connectivity index (χ4n) is 2.21. The Bertz CT molecular complexity index is 567. The molecule has 1 aliphatic heterocycles. The molecule has 0 spiro atoms. The normalized spacial score (nSPS) is 16.4. The number of nitrogens with one attached hydrogen (secondary N) is 1. The molecular weight excluding hydrogens is 278 g/mol. The largest absolute Gasteiger partial charge is 0.368 e. The van der Waals surface area contributed by atoms with Crippen molar-refractivity contribution in [2.24, 2.45) is 0 Å². The van der Waals surface area contributed by atoms with Crippen LogP contribution in [0.3, 0.4) is 0 Å². The number of ether oxygens (including phenoxy) is 1. The Balaban J connectivity index is 1.61. The van der Waals surface area contributed by atoms with E-state index in [1.807, 2.05) is 24.3 Å². The molecule has 0 saturated carbocycles. The highest BCUT2D eigenvalue weighted by Crippen LogP contribution is 2.20. The molecule has 3 rings (SSSR count). The van der Waals surface area contributed by atoms with Crippen LogP contribution in [0.25, 0.3) is 11.4 Å². The summed E-state index contributed by atoms with van der Waals surface area (Å²) in [7, 11) is 0. The average molecular weight is 294 g/mol. The van der Waals surface area contributed by atoms with Gasteiger partial charge in [-0.15, -0.1) is 0 Å². The van der Waals surface area contributed by atoms with Crippen molar-refractivity contribution in [2.45, 2.75) is 25.6 Å². The summed E-state index contributed by atoms with van der Waals surface area (Å²) in [6.07, 6.45) is 2.32. The Labute approximate surface area is 122 Å². The fourth-order valence-corrected chi connectivity index (χ4v) is 2.40. The van der Waals surface area contributed by atoms with E-state index in [1.54, 1.807) is 0 Å². The molecule has 2 heterocycles. The fraction of sp³-hybridized carbons (Fsp3) is 0.429. The van der Waals surface area contributed by atoms with Crippen LogP contribution in [-0.4, -0.2) is 29.3 Å². The molecule has 0 atom stereocenters. The van der Waals surface area contributed by atoms with Gasteiger partial charge in [0.05, 0.1) is 6.10 Å². The van der Waals surface area contributed by atoms with Crippen molar-refractivity contribution >= 4 is 11.6 Å². The maximum Gasteiger partial charge on any atom is 0.252 e. The Morgan fingerprint density at radius 3 is 3.00 bits per heavy atom. The Kier molecular flexibility index (Phi) is 4.30. The number of benzene rings is 1. The molecule has 0 bridgehead atoms. The van der Waals surface area contributed by atoms with E-state index in [1.165, 1.54) is 0 Å². The predicted octanol–water partition coefficient (Wildman–Crippen LogP) is 2.66. The molecule has 1 saturated heterocycles. The number of hydrogen-bond acceptors (Lipinski definition) is 5. The molecule has 106 valence electrons. The third-order valence-electron chi connectivity index (χ3n) is 3.28. The molecule has 1 fully saturated rings. The van der Waals surface area contributed by atoms with Crippen LogP contribution in [0.5, 0.6) is 0 Å². The summed E-state index contributed by atoms with van der Waals surface area (Å²) in [5.74, 6) is 1.04. The maximum atomic E-state index is 5.95. The lowest BCUT2D eigenvalue weighted by atomic mass is 10.1. The van der Waals surface area contributed by atoms with Gasteiger partial charge in [0.1, 0.15) is 6.61 Å². The average Bonchev–Trinajstić information content (AvgIpc) is 2.95. The van der Waals surface area contributed by atoms with Crippen LogP contribution in [-0.2, 0) is 11.3 Å². The van der Waals surface area contributed by atoms with Gasteiger partial charge in [0, 0.05) is 10.6 Å². The van der Waals surface area contributed by atoms with E-state index in [4.69, 9.17) is 20.9 Å². The molecule has 0 aliphatic carbocycles. The number of rotatable bonds is 4. The lowest BCUT2D eigenvalue weighted by Gasteiger charge is -2.21. The first-order valence-electron chi connectivity index (χ1n) is 6.72. The van der Waals surface area contributed by atoms with Crippen LogP contribution in [0.4, 0.5) is 0 Å². The highest BCUT2D eigenvalue weighted by atomic mass is 35.5. The van der Waals surface area contributed by atoms with E-state index in [9.17, 15) is 0 Å². The molecule has 2 aromatic rings. The van der Waals surface area contributed by atoms with Gasteiger partial charge in [-0.25, -0.2) is 0 Å². The zero-order chi connectivity index (χ0) is 13.8. The van der Waals surface area contributed by atoms with Crippen molar-refractivity contribution in [3.63, 3.8) is 0 Å². The first kappa shape index (κ1) is 13.5. The lowest BCUT2D eigenvalue weighted by Crippen LogP contribution is -2.32. The van der Waals surface area contributed by atoms with Gasteiger partial charge in [-0.1, -0.05) is 28.9 Å². The predicted molar refractivity (Wildman–Crippen MR) is 75.4 cm³/mol. The minimum atomic E-state index is 0.276. The molecule has 0 unspecified atom stereocenters. The van der Waals surface area contributed by atoms with E-state index in [0.717, 1.165) is 31.5 Å². The maximum absolute atomic E-state index is 5.95. The van der Waals surface area contributed by atoms with Crippen molar-refractivity contribution in [1.82, 2.24) is 15.5 Å². The summed E-state index contributed by atoms with van der Waals surface area (Å²) in [5, 5.41) is 7.91. The molecule has 1 aromatic carbocycles. The number of halogens is 1. The smallest absolute Gasteiger partial charge is 0.252 e. The quantitative estimate of drug-likeness (QED) is 0.939. The molecule has 0 amide bonds. The van der Waals surface area contributed by atoms with E-state index >= 15 is 0 Å². The molecule has 20 heavy (non-hydrogen) atoms. The van der Waals surface area contributed by atoms with Gasteiger partial charge in [-0.05, 0) is 38.1 Å². The summed E-state index contributed by atoms with van der Waals surface area (Å²) < 4.78 is 11.0. The van der Waals surface area contributed by atoms with E-state index in [2.05, 4.69) is 15.5 Å². The van der Waals surface area contributed by atoms with Crippen molar-refractivity contribution in [2.75, 3.05) is 13.1 Å². The van der Waals surface area contributed by atoms with Gasteiger partial charge in [0.2, 0.25) is 5.82 Å². The summed E-state index contributed by atoms with van der Waals surface area (Å²) in [4.78, 5) is 4.33. The van der Waals surface area contributed by atoms with Gasteiger partial charge in [-0.2, -0.15) is 4.98 Å². The zero-order valence-electron chi connectivity index (χ0n) is 11.0. The highest BCUT2D eigenvalue weighted by molar-refractivity contribution is 6.30. The highest BCUT2D eigenvalue weighted by Gasteiger charge is 2.15. The second-order valence-electron chi connectivity index (χ2n) is 4.78. The van der Waals surface area contributed by atoms with E-state index in [-0.39, 0.29) is 6.10 Å². The van der Waals surface area contributed by atoms with Crippen LogP contribution < -0.4 is 5.32 Å². The Morgan fingerprint density at radius 1 is 1.35 bits per heavy atom. The van der Waals surface area contributed by atoms with Crippen LogP contribution in [0.2, 0.25) is 5.02 Å². The molecule has 1 N–H and O–H groups in total. The van der Waals surface area contributed by atoms with Crippen LogP contribution in [0.1, 0.15) is 18.7 Å². The molecule has 1 aromatic heterocycles. The number of piperidine rings is 1. The Hall–Kier alpha value is -1.43. The molecular formula is C14H16ClN3O2. The summed E-state index contributed by atoms with van der Waals surface area (Å²) >= 11 is 5.95. The first-order chi connectivity index (χ1) is 9.81. The number of hydrogen-bond donors (Lipinski definition) is 1. The zero-order valence-corrected chi connectivity index (χ0v) is 11.8. The third-order valence-corrected chi connectivity index (χ3v) is 3.51. The Morgan fingerprint density at radius 2 is 2.20 bits per heavy atom. The van der Waals surface area contributed by atoms with Gasteiger partial charge < -0.3 is 14.6 Å². The van der Waals surface area contributed by atoms with Gasteiger partial charge in [0.25, 0.3) is 5.89 Å². The van der Waals surface area contributed by atoms with Gasteiger partial charge >= 0.3 is 0 Å². The monoisotopic (exact) mass is 293 g/mol. The van der Waals surface area contributed by atoms with Crippen molar-refractivity contribution in [3.05, 3.63) is 35.2 Å². The number of nitrogens with zero attached hydrogens (tertiary/aromatic N) is 2. The second kappa shape index (κ2) is 6.35. The van der Waals surface area contributed by atoms with E-state index < -0.39 is 0 Å². The summed E-state index contributed by atoms with van der Waals surface area (Å²) in [6.45, 7) is 2.36. The summed E-state index contributed by atoms with van der Waals surface area (Å²) in [6, 6.07) is 7.38. The van der Waals surface area contributed by atoms with Crippen LogP contribution in [0.15, 0.2) is 28.8 Å². The minimum absolute atomic E-state index is 0.276. The first-order valence-corrected chi connectivity index (χ1v) is 7.10. The minimum Gasteiger partial charge on any atom is -0.368 e. The van der Waals surface area contributed by atoms with E-state index in [0.29, 0.717) is 23.3 Å². The molecule has 5 nitrogen and oxygen atoms in total. The van der Waals surface area contributed by atoms with Crippen molar-refractivity contribution in [1.29, 1.82) is 0 Å². The lowest BCUT2D eigenvalue weighted by molar-refractivity contribution is 0.00859. The SMILES string of the molecule is Clc1cccc(-c2noc(COC3CCNCC3)n2)c1. The van der Waals surface area contributed by atoms with Crippen molar-refractivity contribution < 1.29 is 9.26 Å². The van der Waals surface area contributed by atoms with Crippen LogP contribution >= 0.6 is 11.6 Å². The number of aromatic nitrogens is 2. The van der Waals surface area contributed by atoms with Gasteiger partial charge in [0.15, 0.2) is 0 Å². The van der Waals surface area contributed by atoms with Crippen molar-refractivity contribution in [3.8, 4) is 11.4 Å². The molecule has 0 radical (unpaired) electrons. The third kappa shape index (κ3) is 3.36. The van der Waals surface area contributed by atoms with Gasteiger partial charge in [-0.3, -0.25) is 0 Å². The second-order valence-corrected chi connectivity index (χ2v) is 5.22.